The number of nitrogens with zero attached hydrogens (tertiary/aromatic N) is 5. The van der Waals surface area contributed by atoms with Gasteiger partial charge >= 0.3 is 6.01 Å². The molecule has 3 rings (SSSR count). The molecule has 2 aromatic rings. The van der Waals surface area contributed by atoms with E-state index in [0.29, 0.717) is 12.1 Å². The highest BCUT2D eigenvalue weighted by molar-refractivity contribution is 5.51. The molecular formula is C19H30N6O. The maximum absolute atomic E-state index is 6.02. The van der Waals surface area contributed by atoms with E-state index in [4.69, 9.17) is 10.5 Å². The van der Waals surface area contributed by atoms with Crippen LogP contribution >= 0.6 is 0 Å². The molecular weight excluding hydrogens is 328 g/mol. The highest BCUT2D eigenvalue weighted by Crippen LogP contribution is 2.27. The normalized spacial score (nSPS) is 16.9. The van der Waals surface area contributed by atoms with E-state index in [9.17, 15) is 0 Å². The monoisotopic (exact) mass is 358 g/mol. The summed E-state index contributed by atoms with van der Waals surface area (Å²) in [6, 6.07) is 9.10. The van der Waals surface area contributed by atoms with Crippen LogP contribution in [-0.2, 0) is 6.54 Å². The molecule has 0 amide bonds. The highest BCUT2D eigenvalue weighted by Gasteiger charge is 2.20. The molecule has 1 atom stereocenters. The lowest BCUT2D eigenvalue weighted by atomic mass is 10.2. The Balaban J connectivity index is 1.73. The smallest absolute Gasteiger partial charge is 0.322 e. The molecule has 0 aliphatic carbocycles. The maximum atomic E-state index is 6.02. The van der Waals surface area contributed by atoms with Crippen molar-refractivity contribution in [3.05, 3.63) is 30.1 Å². The van der Waals surface area contributed by atoms with Gasteiger partial charge in [-0.25, -0.2) is 0 Å². The zero-order valence-corrected chi connectivity index (χ0v) is 16.2. The van der Waals surface area contributed by atoms with Gasteiger partial charge in [-0.3, -0.25) is 9.47 Å². The number of rotatable bonds is 6. The number of anilines is 1. The van der Waals surface area contributed by atoms with Gasteiger partial charge in [0.1, 0.15) is 5.75 Å². The van der Waals surface area contributed by atoms with Crippen molar-refractivity contribution in [3.63, 3.8) is 0 Å². The van der Waals surface area contributed by atoms with Crippen LogP contribution in [0.5, 0.6) is 11.8 Å². The van der Waals surface area contributed by atoms with E-state index in [-0.39, 0.29) is 6.04 Å². The third-order valence-corrected chi connectivity index (χ3v) is 4.91. The van der Waals surface area contributed by atoms with Gasteiger partial charge in [-0.15, -0.1) is 5.10 Å². The van der Waals surface area contributed by atoms with Crippen molar-refractivity contribution in [1.29, 1.82) is 0 Å². The van der Waals surface area contributed by atoms with Crippen molar-refractivity contribution in [3.8, 4) is 11.8 Å². The molecule has 0 bridgehead atoms. The van der Waals surface area contributed by atoms with Gasteiger partial charge in [0.25, 0.3) is 0 Å². The predicted molar refractivity (Wildman–Crippen MR) is 104 cm³/mol. The molecule has 0 radical (unpaired) electrons. The zero-order chi connectivity index (χ0) is 18.7. The first kappa shape index (κ1) is 18.7. The molecule has 7 nitrogen and oxygen atoms in total. The highest BCUT2D eigenvalue weighted by atomic mass is 16.5. The average molecular weight is 358 g/mol. The molecule has 2 heterocycles. The third-order valence-electron chi connectivity index (χ3n) is 4.91. The van der Waals surface area contributed by atoms with Crippen LogP contribution in [0.2, 0.25) is 0 Å². The fourth-order valence-corrected chi connectivity index (χ4v) is 3.36. The van der Waals surface area contributed by atoms with E-state index in [1.54, 1.807) is 0 Å². The molecule has 26 heavy (non-hydrogen) atoms. The number of hydrogen-bond acceptors (Lipinski definition) is 6. The van der Waals surface area contributed by atoms with Crippen molar-refractivity contribution in [1.82, 2.24) is 19.7 Å². The van der Waals surface area contributed by atoms with E-state index in [1.807, 2.05) is 30.5 Å². The molecule has 7 heteroatoms. The number of aromatic nitrogens is 3. The Labute approximate surface area is 155 Å². The fraction of sp³-hybridized carbons (Fsp3) is 0.579. The predicted octanol–water partition coefficient (Wildman–Crippen LogP) is 2.64. The summed E-state index contributed by atoms with van der Waals surface area (Å²) < 4.78 is 7.93. The minimum absolute atomic E-state index is 0.177. The minimum atomic E-state index is -0.177. The van der Waals surface area contributed by atoms with E-state index in [2.05, 4.69) is 46.0 Å². The van der Waals surface area contributed by atoms with Crippen LogP contribution in [0.4, 0.5) is 5.69 Å². The summed E-state index contributed by atoms with van der Waals surface area (Å²) in [7, 11) is 0. The Bertz CT molecular complexity index is 719. The standard InChI is InChI=1S/C19H30N6O/c1-5-25-18(15(4)20)21-22-19(25)26-17-8-6-7-16(13-17)24-11-9-23(10-12-24)14(2)3/h6-8,13-15H,5,9-12,20H2,1-4H3/t15-/m1/s1. The van der Waals surface area contributed by atoms with Crippen LogP contribution in [-0.4, -0.2) is 51.9 Å². The first-order chi connectivity index (χ1) is 12.5. The van der Waals surface area contributed by atoms with E-state index in [1.165, 1.54) is 5.69 Å². The molecule has 1 aliphatic heterocycles. The van der Waals surface area contributed by atoms with Gasteiger partial charge < -0.3 is 15.4 Å². The van der Waals surface area contributed by atoms with Crippen molar-refractivity contribution >= 4 is 5.69 Å². The summed E-state index contributed by atoms with van der Waals surface area (Å²) in [5, 5.41) is 8.33. The van der Waals surface area contributed by atoms with Gasteiger partial charge in [0.15, 0.2) is 5.82 Å². The molecule has 0 saturated carbocycles. The van der Waals surface area contributed by atoms with Crippen molar-refractivity contribution in [2.45, 2.75) is 46.3 Å². The maximum Gasteiger partial charge on any atom is 0.322 e. The summed E-state index contributed by atoms with van der Waals surface area (Å²) in [6.07, 6.45) is 0. The lowest BCUT2D eigenvalue weighted by molar-refractivity contribution is 0.209. The van der Waals surface area contributed by atoms with Crippen molar-refractivity contribution < 1.29 is 4.74 Å². The van der Waals surface area contributed by atoms with Gasteiger partial charge in [-0.05, 0) is 39.8 Å². The summed E-state index contributed by atoms with van der Waals surface area (Å²) in [5.74, 6) is 1.51. The first-order valence-corrected chi connectivity index (χ1v) is 9.45. The molecule has 1 fully saturated rings. The molecule has 1 aliphatic rings. The topological polar surface area (TPSA) is 72.4 Å². The van der Waals surface area contributed by atoms with Crippen LogP contribution in [0.15, 0.2) is 24.3 Å². The Kier molecular flexibility index (Phi) is 5.78. The summed E-state index contributed by atoms with van der Waals surface area (Å²) in [4.78, 5) is 4.92. The first-order valence-electron chi connectivity index (χ1n) is 9.45. The number of nitrogens with two attached hydrogens (primary N) is 1. The van der Waals surface area contributed by atoms with Gasteiger partial charge in [-0.1, -0.05) is 11.2 Å². The van der Waals surface area contributed by atoms with E-state index < -0.39 is 0 Å². The van der Waals surface area contributed by atoms with Crippen molar-refractivity contribution in [2.24, 2.45) is 5.73 Å². The summed E-state index contributed by atoms with van der Waals surface area (Å²) >= 11 is 0. The molecule has 1 aromatic heterocycles. The molecule has 0 spiro atoms. The fourth-order valence-electron chi connectivity index (χ4n) is 3.36. The van der Waals surface area contributed by atoms with E-state index in [0.717, 1.165) is 44.3 Å². The van der Waals surface area contributed by atoms with Gasteiger partial charge in [0, 0.05) is 50.5 Å². The van der Waals surface area contributed by atoms with E-state index >= 15 is 0 Å². The van der Waals surface area contributed by atoms with Gasteiger partial charge in [0.05, 0.1) is 6.04 Å². The quantitative estimate of drug-likeness (QED) is 0.856. The van der Waals surface area contributed by atoms with Gasteiger partial charge in [0.2, 0.25) is 0 Å². The Morgan fingerprint density at radius 2 is 1.85 bits per heavy atom. The van der Waals surface area contributed by atoms with Crippen LogP contribution in [0.25, 0.3) is 0 Å². The average Bonchev–Trinajstić information content (AvgIpc) is 3.05. The number of hydrogen-bond donors (Lipinski definition) is 1. The lowest BCUT2D eigenvalue weighted by Gasteiger charge is -2.38. The SMILES string of the molecule is CCn1c(Oc2cccc(N3CCN(C(C)C)CC3)c2)nnc1[C@@H](C)N. The van der Waals surface area contributed by atoms with Crippen LogP contribution in [0.3, 0.4) is 0 Å². The van der Waals surface area contributed by atoms with Crippen LogP contribution < -0.4 is 15.4 Å². The Morgan fingerprint density at radius 1 is 1.12 bits per heavy atom. The zero-order valence-electron chi connectivity index (χ0n) is 16.2. The minimum Gasteiger partial charge on any atom is -0.424 e. The van der Waals surface area contributed by atoms with Crippen LogP contribution in [0, 0.1) is 0 Å². The van der Waals surface area contributed by atoms with Crippen molar-refractivity contribution in [2.75, 3.05) is 31.1 Å². The van der Waals surface area contributed by atoms with Crippen LogP contribution in [0.1, 0.15) is 39.6 Å². The molecule has 2 N–H and O–H groups in total. The molecule has 0 unspecified atom stereocenters. The summed E-state index contributed by atoms with van der Waals surface area (Å²) in [5.41, 5.74) is 7.14. The molecule has 1 aromatic carbocycles. The Morgan fingerprint density at radius 3 is 2.46 bits per heavy atom. The Hall–Kier alpha value is -2.12. The molecule has 142 valence electrons. The largest absolute Gasteiger partial charge is 0.424 e. The number of benzene rings is 1. The second-order valence-electron chi connectivity index (χ2n) is 7.09. The van der Waals surface area contributed by atoms with Gasteiger partial charge in [-0.2, -0.15) is 0 Å². The summed E-state index contributed by atoms with van der Waals surface area (Å²) in [6.45, 7) is 13.4. The number of piperazine rings is 1. The third kappa shape index (κ3) is 3.99. The number of ether oxygens (including phenoxy) is 1. The molecule has 1 saturated heterocycles. The second-order valence-corrected chi connectivity index (χ2v) is 7.09. The lowest BCUT2D eigenvalue weighted by Crippen LogP contribution is -2.48. The second kappa shape index (κ2) is 8.05.